The molecule has 0 unspecified atom stereocenters. The number of carbonyl (C=O) groups is 1. The summed E-state index contributed by atoms with van der Waals surface area (Å²) in [5.74, 6) is -9.51. The number of fused-ring (bicyclic) bond motifs is 4. The van der Waals surface area contributed by atoms with E-state index in [1.54, 1.807) is 24.3 Å². The number of ether oxygens (including phenoxy) is 1. The highest BCUT2D eigenvalue weighted by Gasteiger charge is 2.36. The molecule has 3 aromatic carbocycles. The van der Waals surface area contributed by atoms with Crippen molar-refractivity contribution in [3.63, 3.8) is 0 Å². The summed E-state index contributed by atoms with van der Waals surface area (Å²) in [6.07, 6.45) is 6.10. The lowest BCUT2D eigenvalue weighted by Crippen LogP contribution is -2.32. The number of rotatable bonds is 2. The fourth-order valence-corrected chi connectivity index (χ4v) is 6.31. The second-order valence-corrected chi connectivity index (χ2v) is 12.1. The summed E-state index contributed by atoms with van der Waals surface area (Å²) in [5.41, 5.74) is 1.28. The number of allylic oxidation sites excluding steroid dienone is 3. The molecule has 3 aromatic rings. The summed E-state index contributed by atoms with van der Waals surface area (Å²) in [6.45, 7) is 11.9. The van der Waals surface area contributed by atoms with Crippen LogP contribution in [0.5, 0.6) is 11.5 Å². The zero-order valence-corrected chi connectivity index (χ0v) is 23.3. The predicted octanol–water partition coefficient (Wildman–Crippen LogP) is 7.13. The zero-order valence-electron chi connectivity index (χ0n) is 23.3. The average molecular weight is 562 g/mol. The van der Waals surface area contributed by atoms with Crippen LogP contribution >= 0.6 is 0 Å². The van der Waals surface area contributed by atoms with Crippen LogP contribution in [0.4, 0.5) is 23.2 Å². The molecule has 3 aliphatic rings. The van der Waals surface area contributed by atoms with Crippen LogP contribution in [0.2, 0.25) is 0 Å². The Bertz CT molecular complexity index is 1930. The van der Waals surface area contributed by atoms with E-state index in [2.05, 4.69) is 11.4 Å². The standard InChI is InChI=1S/C33H27F4NO3/c1-14-11-32(3,4)13-16-7-22-19(8-17(14)16)24(25-26(31(39)40)28(35)30(37)29(36)27(25)34)20-9-18-15(2)12-33(5,6)38-21(18)10-23(20)41-22/h7-13,38H,1-6H3,(H,39,40). The molecule has 2 aliphatic heterocycles. The van der Waals surface area contributed by atoms with Gasteiger partial charge < -0.3 is 15.2 Å². The first-order valence-corrected chi connectivity index (χ1v) is 13.1. The quantitative estimate of drug-likeness (QED) is 0.155. The van der Waals surface area contributed by atoms with E-state index in [0.29, 0.717) is 0 Å². The van der Waals surface area contributed by atoms with Gasteiger partial charge in [-0.15, -0.1) is 0 Å². The molecule has 2 heterocycles. The molecule has 0 aromatic heterocycles. The molecule has 0 fully saturated rings. The Hall–Kier alpha value is -4.33. The highest BCUT2D eigenvalue weighted by molar-refractivity contribution is 6.00. The minimum Gasteiger partial charge on any atom is -0.478 e. The van der Waals surface area contributed by atoms with Gasteiger partial charge in [0.15, 0.2) is 23.3 Å². The molecule has 6 rings (SSSR count). The number of halogens is 4. The first-order valence-electron chi connectivity index (χ1n) is 13.1. The van der Waals surface area contributed by atoms with Crippen molar-refractivity contribution in [2.75, 3.05) is 5.32 Å². The molecule has 0 bridgehead atoms. The van der Waals surface area contributed by atoms with Crippen molar-refractivity contribution in [1.29, 1.82) is 0 Å². The van der Waals surface area contributed by atoms with Crippen LogP contribution in [0.15, 0.2) is 36.4 Å². The van der Waals surface area contributed by atoms with Gasteiger partial charge in [-0.05, 0) is 67.8 Å². The molecule has 0 spiro atoms. The summed E-state index contributed by atoms with van der Waals surface area (Å²) >= 11 is 0. The largest absolute Gasteiger partial charge is 0.478 e. The molecule has 0 atom stereocenters. The Morgan fingerprint density at radius 3 is 2.12 bits per heavy atom. The SMILES string of the molecule is CC1=CC(C)(C)Nc2cc3c(cc21)C(c1c(F)c(F)c(F)c(F)c1C(=O)O)=c1cc2c(cc1O3)=CC(C)(C)C=C2C. The number of carboxylic acid groups (broad SMARTS) is 1. The average Bonchev–Trinajstić information content (AvgIpc) is 2.85. The summed E-state index contributed by atoms with van der Waals surface area (Å²) in [7, 11) is 0. The van der Waals surface area contributed by atoms with Crippen LogP contribution in [0, 0.1) is 28.7 Å². The second-order valence-electron chi connectivity index (χ2n) is 12.1. The molecule has 8 heteroatoms. The van der Waals surface area contributed by atoms with E-state index in [1.807, 2.05) is 53.7 Å². The molecule has 210 valence electrons. The van der Waals surface area contributed by atoms with Gasteiger partial charge in [0.25, 0.3) is 0 Å². The number of nitrogens with one attached hydrogen (secondary N) is 1. The third-order valence-electron chi connectivity index (χ3n) is 7.76. The molecule has 0 saturated carbocycles. The highest BCUT2D eigenvalue weighted by atomic mass is 19.2. The molecule has 2 N–H and O–H groups in total. The Morgan fingerprint density at radius 2 is 1.44 bits per heavy atom. The van der Waals surface area contributed by atoms with E-state index in [0.717, 1.165) is 33.2 Å². The fourth-order valence-electron chi connectivity index (χ4n) is 6.31. The van der Waals surface area contributed by atoms with E-state index >= 15 is 8.78 Å². The van der Waals surface area contributed by atoms with Crippen LogP contribution in [-0.4, -0.2) is 16.6 Å². The maximum atomic E-state index is 15.7. The van der Waals surface area contributed by atoms with Gasteiger partial charge in [-0.3, -0.25) is 0 Å². The third-order valence-corrected chi connectivity index (χ3v) is 7.76. The second kappa shape index (κ2) is 8.59. The lowest BCUT2D eigenvalue weighted by atomic mass is 9.81. The Morgan fingerprint density at radius 1 is 0.780 bits per heavy atom. The maximum absolute atomic E-state index is 15.7. The van der Waals surface area contributed by atoms with E-state index in [-0.39, 0.29) is 38.8 Å². The Kier molecular flexibility index (Phi) is 5.63. The highest BCUT2D eigenvalue weighted by Crippen LogP contribution is 2.45. The van der Waals surface area contributed by atoms with Crippen molar-refractivity contribution in [1.82, 2.24) is 0 Å². The van der Waals surface area contributed by atoms with Gasteiger partial charge in [-0.1, -0.05) is 32.1 Å². The first kappa shape index (κ1) is 26.9. The summed E-state index contributed by atoms with van der Waals surface area (Å²) in [5, 5.41) is 14.4. The van der Waals surface area contributed by atoms with Crippen molar-refractivity contribution >= 4 is 34.5 Å². The number of aromatic carboxylic acids is 1. The fraction of sp³-hybridized carbons (Fsp3) is 0.242. The van der Waals surface area contributed by atoms with Gasteiger partial charge in [-0.2, -0.15) is 0 Å². The van der Waals surface area contributed by atoms with Crippen LogP contribution in [-0.2, 0) is 0 Å². The minimum absolute atomic E-state index is 0.102. The van der Waals surface area contributed by atoms with Crippen LogP contribution < -0.4 is 20.5 Å². The topological polar surface area (TPSA) is 58.6 Å². The monoisotopic (exact) mass is 561 g/mol. The molecule has 0 radical (unpaired) electrons. The first-order chi connectivity index (χ1) is 19.1. The molecule has 41 heavy (non-hydrogen) atoms. The summed E-state index contributed by atoms with van der Waals surface area (Å²) in [6, 6.07) is 6.84. The van der Waals surface area contributed by atoms with E-state index < -0.39 is 40.4 Å². The van der Waals surface area contributed by atoms with Crippen LogP contribution in [0.3, 0.4) is 0 Å². The summed E-state index contributed by atoms with van der Waals surface area (Å²) < 4.78 is 66.2. The van der Waals surface area contributed by atoms with Gasteiger partial charge in [0.2, 0.25) is 0 Å². The molecule has 0 amide bonds. The Balaban J connectivity index is 1.81. The van der Waals surface area contributed by atoms with Crippen molar-refractivity contribution in [2.24, 2.45) is 5.41 Å². The smallest absolute Gasteiger partial charge is 0.339 e. The van der Waals surface area contributed by atoms with Crippen LogP contribution in [0.25, 0.3) is 22.8 Å². The normalized spacial score (nSPS) is 17.5. The molecule has 4 nitrogen and oxygen atoms in total. The number of benzene rings is 3. The van der Waals surface area contributed by atoms with E-state index in [4.69, 9.17) is 4.74 Å². The van der Waals surface area contributed by atoms with Gasteiger partial charge in [0.1, 0.15) is 17.1 Å². The van der Waals surface area contributed by atoms with Crippen molar-refractivity contribution in [2.45, 2.75) is 47.1 Å². The lowest BCUT2D eigenvalue weighted by molar-refractivity contribution is 0.0689. The lowest BCUT2D eigenvalue weighted by Gasteiger charge is -2.33. The Labute approximate surface area is 234 Å². The molecule has 0 saturated heterocycles. The van der Waals surface area contributed by atoms with Gasteiger partial charge in [-0.25, -0.2) is 22.4 Å². The predicted molar refractivity (Wildman–Crippen MR) is 150 cm³/mol. The van der Waals surface area contributed by atoms with E-state index in [1.165, 1.54) is 0 Å². The molecular weight excluding hydrogens is 534 g/mol. The third kappa shape index (κ3) is 4.07. The number of carboxylic acids is 1. The molecular formula is C33H27F4NO3. The van der Waals surface area contributed by atoms with Crippen molar-refractivity contribution in [3.05, 3.63) is 97.9 Å². The minimum atomic E-state index is -2.19. The number of hydrogen-bond donors (Lipinski definition) is 2. The molecule has 1 aliphatic carbocycles. The van der Waals surface area contributed by atoms with E-state index in [9.17, 15) is 18.7 Å². The summed E-state index contributed by atoms with van der Waals surface area (Å²) in [4.78, 5) is 12.3. The van der Waals surface area contributed by atoms with Gasteiger partial charge in [0.05, 0.1) is 5.54 Å². The van der Waals surface area contributed by atoms with Crippen molar-refractivity contribution < 1.29 is 32.2 Å². The number of anilines is 1. The van der Waals surface area contributed by atoms with Gasteiger partial charge in [0, 0.05) is 44.7 Å². The zero-order chi connectivity index (χ0) is 29.8. The maximum Gasteiger partial charge on any atom is 0.339 e. The van der Waals surface area contributed by atoms with Crippen LogP contribution in [0.1, 0.15) is 74.2 Å². The van der Waals surface area contributed by atoms with Crippen molar-refractivity contribution in [3.8, 4) is 11.5 Å². The van der Waals surface area contributed by atoms with Gasteiger partial charge >= 0.3 is 5.97 Å². The number of hydrogen-bond acceptors (Lipinski definition) is 3.